The summed E-state index contributed by atoms with van der Waals surface area (Å²) < 4.78 is 10.5. The second-order valence-corrected chi connectivity index (χ2v) is 13.0. The molecule has 0 heterocycles. The zero-order valence-electron chi connectivity index (χ0n) is 31.2. The Morgan fingerprint density at radius 1 is 0.479 bits per heavy atom. The van der Waals surface area contributed by atoms with E-state index in [0.29, 0.717) is 12.8 Å². The first-order valence-corrected chi connectivity index (χ1v) is 19.8. The first-order chi connectivity index (χ1) is 23.6. The molecule has 0 saturated carbocycles. The predicted octanol–water partition coefficient (Wildman–Crippen LogP) is 12.4. The maximum Gasteiger partial charge on any atom is 0.306 e. The maximum atomic E-state index is 12.1. The van der Waals surface area contributed by atoms with E-state index < -0.39 is 12.1 Å². The molecule has 0 aliphatic heterocycles. The topological polar surface area (TPSA) is 72.8 Å². The molecular weight excluding hydrogens is 596 g/mol. The third kappa shape index (κ3) is 36.4. The van der Waals surface area contributed by atoms with Crippen LogP contribution in [-0.2, 0) is 19.1 Å². The molecule has 0 unspecified atom stereocenters. The fraction of sp³-hybridized carbons (Fsp3) is 0.721. The van der Waals surface area contributed by atoms with E-state index in [0.717, 1.165) is 44.9 Å². The van der Waals surface area contributed by atoms with E-state index in [9.17, 15) is 14.7 Å². The highest BCUT2D eigenvalue weighted by molar-refractivity contribution is 5.70. The van der Waals surface area contributed by atoms with Crippen molar-refractivity contribution >= 4 is 11.9 Å². The lowest BCUT2D eigenvalue weighted by atomic mass is 10.0. The molecule has 0 aromatic rings. The molecule has 276 valence electrons. The Hall–Kier alpha value is -2.40. The van der Waals surface area contributed by atoms with Crippen molar-refractivity contribution in [1.82, 2.24) is 0 Å². The highest BCUT2D eigenvalue weighted by Crippen LogP contribution is 2.14. The van der Waals surface area contributed by atoms with E-state index in [1.54, 1.807) is 0 Å². The minimum Gasteiger partial charge on any atom is -0.462 e. The highest BCUT2D eigenvalue weighted by Gasteiger charge is 2.15. The lowest BCUT2D eigenvalue weighted by molar-refractivity contribution is -0.161. The number of carbonyl (C=O) groups is 2. The maximum absolute atomic E-state index is 12.1. The quantitative estimate of drug-likeness (QED) is 0.0413. The van der Waals surface area contributed by atoms with Crippen LogP contribution in [0.25, 0.3) is 0 Å². The standard InChI is InChI=1S/C43H74O5/c1-3-5-7-9-11-13-15-17-19-20-21-22-24-26-28-30-32-34-36-38-43(46)48-41(39-44)40-47-42(45)37-35-33-31-29-27-25-23-18-16-14-12-10-8-6-4-2/h11,13,17,19,21-22,26,28,32,34,41,44H,3-10,12,14-16,18,20,23-25,27,29-31,33,35-40H2,1-2H3/t41-/m0/s1. The molecule has 5 nitrogen and oxygen atoms in total. The van der Waals surface area contributed by atoms with Crippen LogP contribution < -0.4 is 0 Å². The summed E-state index contributed by atoms with van der Waals surface area (Å²) in [6, 6.07) is 0. The minimum absolute atomic E-state index is 0.0955. The Morgan fingerprint density at radius 2 is 0.875 bits per heavy atom. The van der Waals surface area contributed by atoms with Crippen molar-refractivity contribution in [2.45, 2.75) is 187 Å². The summed E-state index contributed by atoms with van der Waals surface area (Å²) in [6.45, 7) is 4.04. The van der Waals surface area contributed by atoms with Gasteiger partial charge in [0.15, 0.2) is 6.10 Å². The third-order valence-corrected chi connectivity index (χ3v) is 8.33. The summed E-state index contributed by atoms with van der Waals surface area (Å²) in [6.07, 6.45) is 50.0. The van der Waals surface area contributed by atoms with Crippen LogP contribution in [0.4, 0.5) is 0 Å². The van der Waals surface area contributed by atoms with Gasteiger partial charge in [-0.2, -0.15) is 0 Å². The first-order valence-electron chi connectivity index (χ1n) is 19.8. The molecule has 0 bridgehead atoms. The summed E-state index contributed by atoms with van der Waals surface area (Å²) in [7, 11) is 0. The molecule has 0 saturated heterocycles. The van der Waals surface area contributed by atoms with Crippen molar-refractivity contribution in [3.8, 4) is 0 Å². The average Bonchev–Trinajstić information content (AvgIpc) is 3.09. The molecular formula is C43H74O5. The van der Waals surface area contributed by atoms with Crippen LogP contribution in [0.15, 0.2) is 60.8 Å². The van der Waals surface area contributed by atoms with Gasteiger partial charge in [0.2, 0.25) is 0 Å². The van der Waals surface area contributed by atoms with Crippen LogP contribution in [0.1, 0.15) is 181 Å². The summed E-state index contributed by atoms with van der Waals surface area (Å²) in [5, 5.41) is 9.54. The van der Waals surface area contributed by atoms with Gasteiger partial charge in [0.1, 0.15) is 6.61 Å². The van der Waals surface area contributed by atoms with E-state index in [-0.39, 0.29) is 25.6 Å². The number of hydrogen-bond acceptors (Lipinski definition) is 5. The number of esters is 2. The SMILES string of the molecule is CCCCCC=CCC=CCC=CCC=CCC=CCCC(=O)O[C@@H](CO)COC(=O)CCCCCCCCCCCCCCCCC. The van der Waals surface area contributed by atoms with Gasteiger partial charge < -0.3 is 14.6 Å². The van der Waals surface area contributed by atoms with Crippen LogP contribution in [0.2, 0.25) is 0 Å². The molecule has 0 fully saturated rings. The number of aliphatic hydroxyl groups is 1. The Balaban J connectivity index is 3.69. The molecule has 1 N–H and O–H groups in total. The molecule has 5 heteroatoms. The van der Waals surface area contributed by atoms with Crippen LogP contribution in [-0.4, -0.2) is 36.4 Å². The Kier molecular flexibility index (Phi) is 37.1. The van der Waals surface area contributed by atoms with Crippen LogP contribution in [0.3, 0.4) is 0 Å². The number of unbranched alkanes of at least 4 members (excludes halogenated alkanes) is 17. The molecule has 0 amide bonds. The van der Waals surface area contributed by atoms with Crippen molar-refractivity contribution in [1.29, 1.82) is 0 Å². The monoisotopic (exact) mass is 671 g/mol. The van der Waals surface area contributed by atoms with Gasteiger partial charge >= 0.3 is 11.9 Å². The highest BCUT2D eigenvalue weighted by atomic mass is 16.6. The Morgan fingerprint density at radius 3 is 1.33 bits per heavy atom. The molecule has 0 rings (SSSR count). The van der Waals surface area contributed by atoms with E-state index in [1.165, 1.54) is 103 Å². The van der Waals surface area contributed by atoms with Gasteiger partial charge in [0, 0.05) is 12.8 Å². The summed E-state index contributed by atoms with van der Waals surface area (Å²) in [5.74, 6) is -0.686. The summed E-state index contributed by atoms with van der Waals surface area (Å²) in [4.78, 5) is 24.2. The summed E-state index contributed by atoms with van der Waals surface area (Å²) in [5.41, 5.74) is 0. The number of hydrogen-bond donors (Lipinski definition) is 1. The molecule has 0 aromatic carbocycles. The average molecular weight is 671 g/mol. The molecule has 1 atom stereocenters. The van der Waals surface area contributed by atoms with Gasteiger partial charge in [0.25, 0.3) is 0 Å². The zero-order chi connectivity index (χ0) is 35.0. The van der Waals surface area contributed by atoms with Crippen LogP contribution in [0.5, 0.6) is 0 Å². The number of rotatable bonds is 35. The van der Waals surface area contributed by atoms with Crippen molar-refractivity contribution in [3.63, 3.8) is 0 Å². The molecule has 0 radical (unpaired) electrons. The van der Waals surface area contributed by atoms with Crippen molar-refractivity contribution in [2.24, 2.45) is 0 Å². The van der Waals surface area contributed by atoms with Gasteiger partial charge in [0.05, 0.1) is 6.61 Å². The lowest BCUT2D eigenvalue weighted by Crippen LogP contribution is -2.28. The van der Waals surface area contributed by atoms with E-state index in [4.69, 9.17) is 9.47 Å². The second-order valence-electron chi connectivity index (χ2n) is 13.0. The van der Waals surface area contributed by atoms with E-state index >= 15 is 0 Å². The fourth-order valence-corrected chi connectivity index (χ4v) is 5.30. The van der Waals surface area contributed by atoms with Crippen molar-refractivity contribution in [2.75, 3.05) is 13.2 Å². The van der Waals surface area contributed by atoms with Crippen molar-refractivity contribution < 1.29 is 24.2 Å². The smallest absolute Gasteiger partial charge is 0.306 e. The second kappa shape index (κ2) is 39.0. The van der Waals surface area contributed by atoms with Crippen molar-refractivity contribution in [3.05, 3.63) is 60.8 Å². The largest absolute Gasteiger partial charge is 0.462 e. The molecule has 0 aliphatic carbocycles. The normalized spacial score (nSPS) is 12.8. The third-order valence-electron chi connectivity index (χ3n) is 8.33. The zero-order valence-corrected chi connectivity index (χ0v) is 31.2. The van der Waals surface area contributed by atoms with Gasteiger partial charge in [-0.3, -0.25) is 9.59 Å². The summed E-state index contributed by atoms with van der Waals surface area (Å²) >= 11 is 0. The number of ether oxygens (including phenoxy) is 2. The van der Waals surface area contributed by atoms with Crippen LogP contribution >= 0.6 is 0 Å². The molecule has 0 aliphatic rings. The number of aliphatic hydroxyl groups excluding tert-OH is 1. The Labute approximate surface area is 296 Å². The van der Waals surface area contributed by atoms with E-state index in [2.05, 4.69) is 62.5 Å². The predicted molar refractivity (Wildman–Crippen MR) is 205 cm³/mol. The van der Waals surface area contributed by atoms with Gasteiger partial charge in [-0.15, -0.1) is 0 Å². The van der Waals surface area contributed by atoms with Gasteiger partial charge in [-0.1, -0.05) is 177 Å². The van der Waals surface area contributed by atoms with E-state index in [1.807, 2.05) is 12.2 Å². The molecule has 0 aromatic heterocycles. The number of carbonyl (C=O) groups excluding carboxylic acids is 2. The van der Waals surface area contributed by atoms with Crippen LogP contribution in [0, 0.1) is 0 Å². The Bertz CT molecular complexity index is 853. The first kappa shape index (κ1) is 45.6. The minimum atomic E-state index is -0.810. The fourth-order valence-electron chi connectivity index (χ4n) is 5.30. The number of allylic oxidation sites excluding steroid dienone is 10. The molecule has 48 heavy (non-hydrogen) atoms. The molecule has 0 spiro atoms. The lowest BCUT2D eigenvalue weighted by Gasteiger charge is -2.15. The van der Waals surface area contributed by atoms with Gasteiger partial charge in [-0.05, 0) is 51.4 Å². The van der Waals surface area contributed by atoms with Gasteiger partial charge in [-0.25, -0.2) is 0 Å².